The second-order valence-electron chi connectivity index (χ2n) is 7.34. The van der Waals surface area contributed by atoms with Crippen LogP contribution in [0, 0.1) is 0 Å². The van der Waals surface area contributed by atoms with Gasteiger partial charge in [0.05, 0.1) is 31.1 Å². The molecule has 1 spiro atoms. The van der Waals surface area contributed by atoms with Crippen molar-refractivity contribution in [3.63, 3.8) is 0 Å². The zero-order valence-corrected chi connectivity index (χ0v) is 15.6. The minimum Gasteiger partial charge on any atom is -0.373 e. The Kier molecular flexibility index (Phi) is 5.53. The van der Waals surface area contributed by atoms with Gasteiger partial charge >= 0.3 is 5.76 Å². The van der Waals surface area contributed by atoms with Crippen molar-refractivity contribution in [2.75, 3.05) is 19.8 Å². The third-order valence-electron chi connectivity index (χ3n) is 5.23. The van der Waals surface area contributed by atoms with Gasteiger partial charge in [0, 0.05) is 19.5 Å². The number of carbonyl (C=O) groups is 1. The normalized spacial score (nSPS) is 20.8. The fourth-order valence-corrected chi connectivity index (χ4v) is 3.38. The highest BCUT2D eigenvalue weighted by Gasteiger charge is 2.42. The summed E-state index contributed by atoms with van der Waals surface area (Å²) < 4.78 is 17.8. The molecule has 4 rings (SSSR count). The minimum atomic E-state index is -0.567. The van der Waals surface area contributed by atoms with Gasteiger partial charge in [-0.2, -0.15) is 0 Å². The number of aromatic amines is 1. The lowest BCUT2D eigenvalue weighted by molar-refractivity contribution is -0.220. The number of hydrogen-bond donors (Lipinski definition) is 2. The topological polar surface area (TPSA) is 137 Å². The van der Waals surface area contributed by atoms with Gasteiger partial charge in [-0.1, -0.05) is 10.4 Å². The molecule has 1 atom stereocenters. The number of H-pyrrole nitrogens is 1. The van der Waals surface area contributed by atoms with E-state index in [2.05, 4.69) is 30.3 Å². The van der Waals surface area contributed by atoms with Crippen LogP contribution in [0.4, 0.5) is 0 Å². The molecule has 1 saturated carbocycles. The molecule has 1 amide bonds. The van der Waals surface area contributed by atoms with Crippen LogP contribution in [-0.4, -0.2) is 62.5 Å². The molecule has 11 nitrogen and oxygen atoms in total. The first-order valence-electron chi connectivity index (χ1n) is 9.61. The van der Waals surface area contributed by atoms with E-state index in [-0.39, 0.29) is 23.3 Å². The lowest BCUT2D eigenvalue weighted by Gasteiger charge is -2.46. The smallest absolute Gasteiger partial charge is 0.373 e. The molecule has 2 fully saturated rings. The zero-order chi connectivity index (χ0) is 19.4. The van der Waals surface area contributed by atoms with Gasteiger partial charge in [0.25, 0.3) is 5.91 Å². The summed E-state index contributed by atoms with van der Waals surface area (Å²) in [5.41, 5.74) is 0.241. The molecule has 28 heavy (non-hydrogen) atoms. The Bertz CT molecular complexity index is 844. The van der Waals surface area contributed by atoms with Crippen LogP contribution in [0.15, 0.2) is 15.5 Å². The van der Waals surface area contributed by atoms with Crippen molar-refractivity contribution in [2.24, 2.45) is 0 Å². The lowest BCUT2D eigenvalue weighted by Crippen LogP contribution is -2.51. The molecule has 1 aliphatic heterocycles. The molecule has 0 bridgehead atoms. The Labute approximate surface area is 160 Å². The van der Waals surface area contributed by atoms with Crippen LogP contribution in [-0.2, 0) is 22.4 Å². The molecule has 1 aliphatic carbocycles. The summed E-state index contributed by atoms with van der Waals surface area (Å²) in [7, 11) is 0. The van der Waals surface area contributed by atoms with Crippen LogP contribution in [0.2, 0.25) is 0 Å². The van der Waals surface area contributed by atoms with Gasteiger partial charge in [0.2, 0.25) is 0 Å². The molecular formula is C17H24N6O5. The summed E-state index contributed by atoms with van der Waals surface area (Å²) in [6.45, 7) is 2.28. The van der Waals surface area contributed by atoms with Gasteiger partial charge in [-0.05, 0) is 32.1 Å². The standard InChI is InChI=1S/C17H24N6O5/c24-15(18-7-4-12-10-27-17(11-26-12)5-2-6-17)13-9-23(22-20-13)8-1-3-14-19-16(25)28-21-14/h9,12H,1-8,10-11H2,(H,18,24)(H,19,21,25). The SMILES string of the molecule is O=C(NCCC1COC2(CCC2)CO1)c1cn(CCCc2noc(=O)[nH]2)nn1. The second kappa shape index (κ2) is 8.23. The highest BCUT2D eigenvalue weighted by Crippen LogP contribution is 2.38. The van der Waals surface area contributed by atoms with Crippen LogP contribution < -0.4 is 11.1 Å². The van der Waals surface area contributed by atoms with E-state index >= 15 is 0 Å². The van der Waals surface area contributed by atoms with Crippen molar-refractivity contribution in [3.05, 3.63) is 28.3 Å². The van der Waals surface area contributed by atoms with Gasteiger partial charge in [0.15, 0.2) is 11.5 Å². The van der Waals surface area contributed by atoms with Crippen molar-refractivity contribution in [3.8, 4) is 0 Å². The van der Waals surface area contributed by atoms with Gasteiger partial charge < -0.3 is 14.8 Å². The van der Waals surface area contributed by atoms with E-state index in [1.54, 1.807) is 10.9 Å². The third-order valence-corrected chi connectivity index (χ3v) is 5.23. The van der Waals surface area contributed by atoms with Gasteiger partial charge in [-0.15, -0.1) is 5.10 Å². The molecule has 0 radical (unpaired) electrons. The predicted molar refractivity (Wildman–Crippen MR) is 94.7 cm³/mol. The Balaban J connectivity index is 1.14. The summed E-state index contributed by atoms with van der Waals surface area (Å²) >= 11 is 0. The Morgan fingerprint density at radius 1 is 1.43 bits per heavy atom. The number of hydrogen-bond acceptors (Lipinski definition) is 8. The van der Waals surface area contributed by atoms with Gasteiger partial charge in [0.1, 0.15) is 0 Å². The summed E-state index contributed by atoms with van der Waals surface area (Å²) in [5.74, 6) is -0.345. The first kappa shape index (κ1) is 18.8. The molecule has 1 saturated heterocycles. The van der Waals surface area contributed by atoms with E-state index in [0.29, 0.717) is 51.4 Å². The van der Waals surface area contributed by atoms with E-state index in [9.17, 15) is 9.59 Å². The van der Waals surface area contributed by atoms with Crippen molar-refractivity contribution < 1.29 is 18.8 Å². The van der Waals surface area contributed by atoms with Gasteiger partial charge in [-0.25, -0.2) is 4.79 Å². The summed E-state index contributed by atoms with van der Waals surface area (Å²) in [5, 5.41) is 14.3. The number of aryl methyl sites for hydroxylation is 2. The van der Waals surface area contributed by atoms with Crippen molar-refractivity contribution in [2.45, 2.75) is 56.8 Å². The van der Waals surface area contributed by atoms with Crippen LogP contribution in [0.1, 0.15) is 48.4 Å². The maximum Gasteiger partial charge on any atom is 0.438 e. The maximum atomic E-state index is 12.2. The van der Waals surface area contributed by atoms with E-state index in [0.717, 1.165) is 12.8 Å². The fourth-order valence-electron chi connectivity index (χ4n) is 3.38. The summed E-state index contributed by atoms with van der Waals surface area (Å²) in [6.07, 6.45) is 6.92. The number of rotatable bonds is 8. The molecule has 2 aromatic rings. The number of ether oxygens (including phenoxy) is 2. The van der Waals surface area contributed by atoms with Crippen LogP contribution in [0.25, 0.3) is 0 Å². The quantitative estimate of drug-likeness (QED) is 0.643. The Morgan fingerprint density at radius 3 is 3.00 bits per heavy atom. The average Bonchev–Trinajstić information content (AvgIpc) is 3.30. The molecule has 1 unspecified atom stereocenters. The summed E-state index contributed by atoms with van der Waals surface area (Å²) in [6, 6.07) is 0. The molecule has 2 aliphatic rings. The third kappa shape index (κ3) is 4.47. The van der Waals surface area contributed by atoms with E-state index in [4.69, 9.17) is 9.47 Å². The monoisotopic (exact) mass is 392 g/mol. The second-order valence-corrected chi connectivity index (χ2v) is 7.34. The van der Waals surface area contributed by atoms with E-state index in [1.165, 1.54) is 6.42 Å². The minimum absolute atomic E-state index is 0.0187. The molecular weight excluding hydrogens is 368 g/mol. The Hall–Kier alpha value is -2.53. The number of nitrogens with one attached hydrogen (secondary N) is 2. The fraction of sp³-hybridized carbons (Fsp3) is 0.706. The predicted octanol–water partition coefficient (Wildman–Crippen LogP) is 0.0452. The average molecular weight is 392 g/mol. The lowest BCUT2D eigenvalue weighted by atomic mass is 9.80. The summed E-state index contributed by atoms with van der Waals surface area (Å²) in [4.78, 5) is 25.5. The molecule has 152 valence electrons. The highest BCUT2D eigenvalue weighted by molar-refractivity contribution is 5.91. The first-order chi connectivity index (χ1) is 13.6. The molecule has 11 heteroatoms. The van der Waals surface area contributed by atoms with Crippen molar-refractivity contribution in [1.82, 2.24) is 30.5 Å². The zero-order valence-electron chi connectivity index (χ0n) is 15.6. The number of nitrogens with zero attached hydrogens (tertiary/aromatic N) is 4. The molecule has 0 aromatic carbocycles. The van der Waals surface area contributed by atoms with Gasteiger partial charge in [-0.3, -0.25) is 19.0 Å². The van der Waals surface area contributed by atoms with Crippen LogP contribution in [0.3, 0.4) is 0 Å². The number of amides is 1. The molecule has 3 heterocycles. The van der Waals surface area contributed by atoms with E-state index in [1.807, 2.05) is 0 Å². The van der Waals surface area contributed by atoms with Crippen LogP contribution >= 0.6 is 0 Å². The number of aromatic nitrogens is 5. The highest BCUT2D eigenvalue weighted by atomic mass is 16.6. The van der Waals surface area contributed by atoms with E-state index < -0.39 is 5.76 Å². The van der Waals surface area contributed by atoms with Crippen LogP contribution in [0.5, 0.6) is 0 Å². The molecule has 2 N–H and O–H groups in total. The largest absolute Gasteiger partial charge is 0.438 e. The molecule has 2 aromatic heterocycles. The van der Waals surface area contributed by atoms with Crippen molar-refractivity contribution in [1.29, 1.82) is 0 Å². The first-order valence-corrected chi connectivity index (χ1v) is 9.61. The maximum absolute atomic E-state index is 12.2. The van der Waals surface area contributed by atoms with Crippen molar-refractivity contribution >= 4 is 5.91 Å². The Morgan fingerprint density at radius 2 is 2.32 bits per heavy atom. The number of carbonyl (C=O) groups excluding carboxylic acids is 1.